The lowest BCUT2D eigenvalue weighted by atomic mass is 9.94. The smallest absolute Gasteiger partial charge is 0.0335 e. The number of hydrogen-bond donors (Lipinski definition) is 2. The lowest BCUT2D eigenvalue weighted by molar-refractivity contribution is 0.369. The highest BCUT2D eigenvalue weighted by molar-refractivity contribution is 5.25. The van der Waals surface area contributed by atoms with E-state index in [4.69, 9.17) is 5.73 Å². The van der Waals surface area contributed by atoms with Crippen molar-refractivity contribution in [1.82, 2.24) is 5.32 Å². The van der Waals surface area contributed by atoms with Crippen molar-refractivity contribution in [2.75, 3.05) is 6.54 Å². The van der Waals surface area contributed by atoms with Crippen LogP contribution in [0.25, 0.3) is 0 Å². The van der Waals surface area contributed by atoms with E-state index in [9.17, 15) is 0 Å². The second-order valence-corrected chi connectivity index (χ2v) is 4.21. The summed E-state index contributed by atoms with van der Waals surface area (Å²) in [5.74, 6) is 0. The third kappa shape index (κ3) is 2.14. The first-order valence-corrected chi connectivity index (χ1v) is 5.31. The van der Waals surface area contributed by atoms with Gasteiger partial charge in [-0.2, -0.15) is 0 Å². The molecule has 3 N–H and O–H groups in total. The molecule has 1 aromatic carbocycles. The minimum absolute atomic E-state index is 0.363. The van der Waals surface area contributed by atoms with Crippen molar-refractivity contribution >= 4 is 0 Å². The van der Waals surface area contributed by atoms with Crippen LogP contribution < -0.4 is 11.1 Å². The first-order valence-electron chi connectivity index (χ1n) is 5.31. The number of hydrogen-bond acceptors (Lipinski definition) is 2. The van der Waals surface area contributed by atoms with Crippen LogP contribution in [-0.2, 0) is 0 Å². The van der Waals surface area contributed by atoms with Gasteiger partial charge in [0.05, 0.1) is 0 Å². The first kappa shape index (κ1) is 9.69. The van der Waals surface area contributed by atoms with Gasteiger partial charge in [-0.3, -0.25) is 0 Å². The van der Waals surface area contributed by atoms with Crippen LogP contribution in [0.3, 0.4) is 0 Å². The number of nitrogens with one attached hydrogen (secondary N) is 1. The van der Waals surface area contributed by atoms with Crippen molar-refractivity contribution in [3.63, 3.8) is 0 Å². The Hall–Kier alpha value is -0.860. The fourth-order valence-corrected chi connectivity index (χ4v) is 2.09. The van der Waals surface area contributed by atoms with Crippen molar-refractivity contribution in [2.45, 2.75) is 31.8 Å². The Morgan fingerprint density at radius 3 is 3.00 bits per heavy atom. The molecule has 14 heavy (non-hydrogen) atoms. The van der Waals surface area contributed by atoms with E-state index in [1.807, 2.05) is 0 Å². The lowest BCUT2D eigenvalue weighted by Crippen LogP contribution is -2.38. The molecule has 1 heterocycles. The third-order valence-corrected chi connectivity index (χ3v) is 2.89. The van der Waals surface area contributed by atoms with E-state index < -0.39 is 0 Å². The molecule has 0 bridgehead atoms. The maximum absolute atomic E-state index is 5.96. The average molecular weight is 190 g/mol. The predicted octanol–water partition coefficient (Wildman–Crippen LogP) is 1.75. The zero-order valence-electron chi connectivity index (χ0n) is 8.66. The molecule has 1 aromatic rings. The number of aryl methyl sites for hydroxylation is 1. The number of piperidine rings is 1. The van der Waals surface area contributed by atoms with Crippen LogP contribution in [0.4, 0.5) is 0 Å². The van der Waals surface area contributed by atoms with Crippen molar-refractivity contribution in [1.29, 1.82) is 0 Å². The summed E-state index contributed by atoms with van der Waals surface area (Å²) >= 11 is 0. The summed E-state index contributed by atoms with van der Waals surface area (Å²) in [7, 11) is 0. The third-order valence-electron chi connectivity index (χ3n) is 2.89. The molecule has 0 unspecified atom stereocenters. The van der Waals surface area contributed by atoms with Crippen LogP contribution in [0.15, 0.2) is 24.3 Å². The Balaban J connectivity index is 2.14. The molecule has 2 nitrogen and oxygen atoms in total. The second kappa shape index (κ2) is 4.11. The minimum atomic E-state index is 0.363. The zero-order valence-corrected chi connectivity index (χ0v) is 8.66. The van der Waals surface area contributed by atoms with Gasteiger partial charge in [0.2, 0.25) is 0 Å². The van der Waals surface area contributed by atoms with E-state index >= 15 is 0 Å². The molecule has 2 heteroatoms. The summed E-state index contributed by atoms with van der Waals surface area (Å²) in [5, 5.41) is 3.51. The summed E-state index contributed by atoms with van der Waals surface area (Å²) in [6, 6.07) is 9.50. The van der Waals surface area contributed by atoms with Crippen molar-refractivity contribution in [3.05, 3.63) is 35.4 Å². The highest BCUT2D eigenvalue weighted by Crippen LogP contribution is 2.22. The van der Waals surface area contributed by atoms with Crippen LogP contribution >= 0.6 is 0 Å². The Kier molecular flexibility index (Phi) is 2.85. The standard InChI is InChI=1S/C12H18N2/c1-9-3-2-4-10(7-9)12-8-11(13)5-6-14-12/h2-4,7,11-12,14H,5-6,8,13H2,1H3/t11-,12+/m1/s1. The van der Waals surface area contributed by atoms with Gasteiger partial charge in [0.25, 0.3) is 0 Å². The predicted molar refractivity (Wildman–Crippen MR) is 59.1 cm³/mol. The van der Waals surface area contributed by atoms with E-state index in [2.05, 4.69) is 36.5 Å². The molecule has 0 aromatic heterocycles. The molecule has 0 aliphatic carbocycles. The molecule has 0 radical (unpaired) electrons. The first-order chi connectivity index (χ1) is 6.75. The minimum Gasteiger partial charge on any atom is -0.328 e. The van der Waals surface area contributed by atoms with Crippen LogP contribution in [-0.4, -0.2) is 12.6 Å². The van der Waals surface area contributed by atoms with Crippen molar-refractivity contribution < 1.29 is 0 Å². The fraction of sp³-hybridized carbons (Fsp3) is 0.500. The molecule has 1 saturated heterocycles. The van der Waals surface area contributed by atoms with Crippen molar-refractivity contribution in [3.8, 4) is 0 Å². The number of benzene rings is 1. The molecule has 0 amide bonds. The molecule has 1 aliphatic heterocycles. The fourth-order valence-electron chi connectivity index (χ4n) is 2.09. The highest BCUT2D eigenvalue weighted by atomic mass is 14.9. The Labute approximate surface area is 85.5 Å². The van der Waals surface area contributed by atoms with Gasteiger partial charge in [-0.25, -0.2) is 0 Å². The number of nitrogens with two attached hydrogens (primary N) is 1. The van der Waals surface area contributed by atoms with Gasteiger partial charge >= 0.3 is 0 Å². The van der Waals surface area contributed by atoms with E-state index in [1.165, 1.54) is 11.1 Å². The molecule has 0 spiro atoms. The monoisotopic (exact) mass is 190 g/mol. The highest BCUT2D eigenvalue weighted by Gasteiger charge is 2.19. The largest absolute Gasteiger partial charge is 0.328 e. The van der Waals surface area contributed by atoms with E-state index in [1.54, 1.807) is 0 Å². The van der Waals surface area contributed by atoms with Gasteiger partial charge in [-0.05, 0) is 31.9 Å². The van der Waals surface area contributed by atoms with Crippen LogP contribution in [0.2, 0.25) is 0 Å². The maximum atomic E-state index is 5.96. The molecule has 2 rings (SSSR count). The van der Waals surface area contributed by atoms with Gasteiger partial charge in [-0.15, -0.1) is 0 Å². The van der Waals surface area contributed by atoms with E-state index in [0.717, 1.165) is 19.4 Å². The van der Waals surface area contributed by atoms with Crippen LogP contribution in [0, 0.1) is 6.92 Å². The van der Waals surface area contributed by atoms with E-state index in [-0.39, 0.29) is 0 Å². The number of rotatable bonds is 1. The second-order valence-electron chi connectivity index (χ2n) is 4.21. The average Bonchev–Trinajstić information content (AvgIpc) is 2.18. The summed E-state index contributed by atoms with van der Waals surface area (Å²) in [6.45, 7) is 3.17. The van der Waals surface area contributed by atoms with Crippen LogP contribution in [0.1, 0.15) is 30.0 Å². The topological polar surface area (TPSA) is 38.0 Å². The molecule has 0 saturated carbocycles. The molecule has 1 fully saturated rings. The van der Waals surface area contributed by atoms with Gasteiger partial charge in [0, 0.05) is 12.1 Å². The summed E-state index contributed by atoms with van der Waals surface area (Å²) < 4.78 is 0. The maximum Gasteiger partial charge on any atom is 0.0335 e. The zero-order chi connectivity index (χ0) is 9.97. The normalized spacial score (nSPS) is 27.6. The summed E-state index contributed by atoms with van der Waals surface area (Å²) in [5.41, 5.74) is 8.66. The lowest BCUT2D eigenvalue weighted by Gasteiger charge is -2.28. The molecular weight excluding hydrogens is 172 g/mol. The van der Waals surface area contributed by atoms with Gasteiger partial charge in [-0.1, -0.05) is 29.8 Å². The Morgan fingerprint density at radius 2 is 2.29 bits per heavy atom. The van der Waals surface area contributed by atoms with E-state index in [0.29, 0.717) is 12.1 Å². The van der Waals surface area contributed by atoms with Gasteiger partial charge in [0.1, 0.15) is 0 Å². The molecular formula is C12H18N2. The summed E-state index contributed by atoms with van der Waals surface area (Å²) in [6.07, 6.45) is 2.16. The van der Waals surface area contributed by atoms with Crippen LogP contribution in [0.5, 0.6) is 0 Å². The Morgan fingerprint density at radius 1 is 1.43 bits per heavy atom. The van der Waals surface area contributed by atoms with Gasteiger partial charge in [0.15, 0.2) is 0 Å². The SMILES string of the molecule is Cc1cccc([C@@H]2C[C@H](N)CCN2)c1. The van der Waals surface area contributed by atoms with Crippen molar-refractivity contribution in [2.24, 2.45) is 5.73 Å². The molecule has 1 aliphatic rings. The Bertz CT molecular complexity index is 309. The summed E-state index contributed by atoms with van der Waals surface area (Å²) in [4.78, 5) is 0. The molecule has 2 atom stereocenters. The van der Waals surface area contributed by atoms with Gasteiger partial charge < -0.3 is 11.1 Å². The molecule has 76 valence electrons. The quantitative estimate of drug-likeness (QED) is 0.708.